The molecule has 2 aromatic carbocycles. The van der Waals surface area contributed by atoms with Gasteiger partial charge in [-0.25, -0.2) is 13.6 Å². The summed E-state index contributed by atoms with van der Waals surface area (Å²) in [5.74, 6) is 2.61. The van der Waals surface area contributed by atoms with Crippen molar-refractivity contribution in [1.29, 1.82) is 0 Å². The van der Waals surface area contributed by atoms with Crippen molar-refractivity contribution in [3.8, 4) is 0 Å². The summed E-state index contributed by atoms with van der Waals surface area (Å²) in [5.41, 5.74) is 6.08. The number of hydrogen-bond donors (Lipinski definition) is 2. The molecule has 5 heteroatoms. The zero-order chi connectivity index (χ0) is 21.6. The first-order valence-electron chi connectivity index (χ1n) is 11.8. The van der Waals surface area contributed by atoms with Gasteiger partial charge in [-0.05, 0) is 109 Å². The van der Waals surface area contributed by atoms with Crippen LogP contribution in [0.3, 0.4) is 0 Å². The van der Waals surface area contributed by atoms with Crippen molar-refractivity contribution < 1.29 is 8.42 Å². The summed E-state index contributed by atoms with van der Waals surface area (Å²) in [6.45, 7) is 3.38. The molecule has 2 fully saturated rings. The largest absolute Gasteiger partial charge is 0.385 e. The molecule has 0 saturated heterocycles. The van der Waals surface area contributed by atoms with E-state index in [-0.39, 0.29) is 4.90 Å². The molecular weight excluding hydrogens is 404 g/mol. The van der Waals surface area contributed by atoms with Gasteiger partial charge in [-0.3, -0.25) is 0 Å². The van der Waals surface area contributed by atoms with Gasteiger partial charge < -0.3 is 5.32 Å². The smallest absolute Gasteiger partial charge is 0.238 e. The second kappa shape index (κ2) is 7.93. The van der Waals surface area contributed by atoms with Gasteiger partial charge in [0, 0.05) is 12.2 Å². The minimum absolute atomic E-state index is 0.165. The molecule has 31 heavy (non-hydrogen) atoms. The second-order valence-corrected chi connectivity index (χ2v) is 11.8. The number of benzene rings is 2. The first kappa shape index (κ1) is 21.0. The van der Waals surface area contributed by atoms with Crippen molar-refractivity contribution in [2.45, 2.75) is 69.1 Å². The number of fused-ring (bicyclic) bond motifs is 5. The van der Waals surface area contributed by atoms with E-state index in [4.69, 9.17) is 5.14 Å². The highest BCUT2D eigenvalue weighted by Crippen LogP contribution is 2.60. The van der Waals surface area contributed by atoms with E-state index in [2.05, 4.69) is 30.4 Å². The first-order valence-corrected chi connectivity index (χ1v) is 13.4. The molecule has 2 saturated carbocycles. The Morgan fingerprint density at radius 1 is 1.06 bits per heavy atom. The van der Waals surface area contributed by atoms with Crippen LogP contribution in [0, 0.1) is 17.3 Å². The van der Waals surface area contributed by atoms with E-state index in [0.717, 1.165) is 36.3 Å². The van der Waals surface area contributed by atoms with Crippen molar-refractivity contribution in [2.24, 2.45) is 22.4 Å². The molecule has 3 aliphatic rings. The van der Waals surface area contributed by atoms with E-state index in [9.17, 15) is 8.42 Å². The maximum atomic E-state index is 11.4. The van der Waals surface area contributed by atoms with Crippen LogP contribution in [-0.2, 0) is 22.9 Å². The molecule has 0 heterocycles. The van der Waals surface area contributed by atoms with Gasteiger partial charge in [0.1, 0.15) is 0 Å². The highest BCUT2D eigenvalue weighted by Gasteiger charge is 2.50. The summed E-state index contributed by atoms with van der Waals surface area (Å²) in [6.07, 6.45) is 10.5. The molecule has 0 aliphatic heterocycles. The number of rotatable bonds is 5. The molecule has 166 valence electrons. The van der Waals surface area contributed by atoms with Gasteiger partial charge in [0.05, 0.1) is 4.90 Å². The van der Waals surface area contributed by atoms with Crippen LogP contribution in [-0.4, -0.2) is 15.0 Å². The van der Waals surface area contributed by atoms with Crippen LogP contribution in [0.2, 0.25) is 0 Å². The Bertz CT molecular complexity index is 1060. The third kappa shape index (κ3) is 4.03. The summed E-state index contributed by atoms with van der Waals surface area (Å²) in [4.78, 5) is 0.165. The lowest BCUT2D eigenvalue weighted by molar-refractivity contribution is 0.0599. The van der Waals surface area contributed by atoms with Crippen molar-refractivity contribution in [3.63, 3.8) is 0 Å². The van der Waals surface area contributed by atoms with Crippen LogP contribution in [0.15, 0.2) is 47.4 Å². The minimum atomic E-state index is -3.62. The normalized spacial score (nSPS) is 29.7. The maximum absolute atomic E-state index is 11.4. The number of nitrogens with two attached hydrogens (primary N) is 1. The molecule has 0 aromatic heterocycles. The lowest BCUT2D eigenvalue weighted by Gasteiger charge is -2.49. The predicted molar refractivity (Wildman–Crippen MR) is 126 cm³/mol. The molecule has 4 atom stereocenters. The summed E-state index contributed by atoms with van der Waals surface area (Å²) in [7, 11) is -3.62. The molecule has 0 unspecified atom stereocenters. The fourth-order valence-electron chi connectivity index (χ4n) is 6.88. The monoisotopic (exact) mass is 438 g/mol. The van der Waals surface area contributed by atoms with E-state index < -0.39 is 10.0 Å². The molecular formula is C26H34N2O2S. The van der Waals surface area contributed by atoms with Gasteiger partial charge in [0.2, 0.25) is 10.0 Å². The standard InChI is InChI=1S/C26H34N2O2S/c1-26-14-2-3-25(26)24-10-6-19-17-20(7-11-22(19)23(24)12-15-26)28-16-13-18-4-8-21(9-5-18)31(27,29)30/h4-5,7-9,11,17,23-25,28H,2-3,6,10,12-16H2,1H3,(H2,27,29,30)/t23-,24-,25+,26+/m1/s1. The molecule has 0 spiro atoms. The van der Waals surface area contributed by atoms with Gasteiger partial charge >= 0.3 is 0 Å². The predicted octanol–water partition coefficient (Wildman–Crippen LogP) is 5.23. The van der Waals surface area contributed by atoms with Crippen molar-refractivity contribution in [3.05, 3.63) is 59.2 Å². The Balaban J connectivity index is 1.23. The lowest BCUT2D eigenvalue weighted by atomic mass is 9.56. The summed E-state index contributed by atoms with van der Waals surface area (Å²) in [6, 6.07) is 13.9. The number of primary sulfonamides is 1. The average Bonchev–Trinajstić information content (AvgIpc) is 3.15. The van der Waals surface area contributed by atoms with Crippen LogP contribution >= 0.6 is 0 Å². The fraction of sp³-hybridized carbons (Fsp3) is 0.538. The third-order valence-corrected chi connectivity index (χ3v) is 9.43. The molecule has 0 radical (unpaired) electrons. The van der Waals surface area contributed by atoms with Gasteiger partial charge in [-0.15, -0.1) is 0 Å². The zero-order valence-corrected chi connectivity index (χ0v) is 19.3. The Morgan fingerprint density at radius 3 is 2.65 bits per heavy atom. The van der Waals surface area contributed by atoms with E-state index in [1.54, 1.807) is 23.3 Å². The second-order valence-electron chi connectivity index (χ2n) is 10.3. The lowest BCUT2D eigenvalue weighted by Crippen LogP contribution is -2.39. The van der Waals surface area contributed by atoms with Crippen LogP contribution < -0.4 is 10.5 Å². The van der Waals surface area contributed by atoms with Crippen LogP contribution in [0.1, 0.15) is 68.1 Å². The summed E-state index contributed by atoms with van der Waals surface area (Å²) in [5, 5.41) is 8.73. The maximum Gasteiger partial charge on any atom is 0.238 e. The van der Waals surface area contributed by atoms with Gasteiger partial charge in [0.25, 0.3) is 0 Å². The Kier molecular flexibility index (Phi) is 5.38. The number of anilines is 1. The number of hydrogen-bond acceptors (Lipinski definition) is 3. The Morgan fingerprint density at radius 2 is 1.87 bits per heavy atom. The topological polar surface area (TPSA) is 72.2 Å². The fourth-order valence-corrected chi connectivity index (χ4v) is 7.40. The third-order valence-electron chi connectivity index (χ3n) is 8.50. The van der Waals surface area contributed by atoms with E-state index >= 15 is 0 Å². The van der Waals surface area contributed by atoms with Crippen molar-refractivity contribution in [1.82, 2.24) is 0 Å². The highest BCUT2D eigenvalue weighted by atomic mass is 32.2. The minimum Gasteiger partial charge on any atom is -0.385 e. The van der Waals surface area contributed by atoms with Crippen molar-refractivity contribution in [2.75, 3.05) is 11.9 Å². The highest BCUT2D eigenvalue weighted by molar-refractivity contribution is 7.89. The summed E-state index contributed by atoms with van der Waals surface area (Å²) < 4.78 is 22.8. The average molecular weight is 439 g/mol. The zero-order valence-electron chi connectivity index (χ0n) is 18.4. The first-order chi connectivity index (χ1) is 14.8. The van der Waals surface area contributed by atoms with Crippen LogP contribution in [0.25, 0.3) is 0 Å². The van der Waals surface area contributed by atoms with Crippen molar-refractivity contribution >= 4 is 15.7 Å². The van der Waals surface area contributed by atoms with E-state index in [1.165, 1.54) is 50.6 Å². The molecule has 0 amide bonds. The summed E-state index contributed by atoms with van der Waals surface area (Å²) >= 11 is 0. The number of sulfonamides is 1. The molecule has 4 nitrogen and oxygen atoms in total. The van der Waals surface area contributed by atoms with E-state index in [0.29, 0.717) is 5.41 Å². The molecule has 2 aromatic rings. The SMILES string of the molecule is C[C@@]12CCC[C@H]1[C@@H]1CCc3cc(NCCc4ccc(S(N)(=O)=O)cc4)ccc3[C@H]1CC2. The molecule has 5 rings (SSSR count). The number of nitrogens with one attached hydrogen (secondary N) is 1. The molecule has 3 aliphatic carbocycles. The van der Waals surface area contributed by atoms with Crippen LogP contribution in [0.5, 0.6) is 0 Å². The molecule has 0 bridgehead atoms. The van der Waals surface area contributed by atoms with Gasteiger partial charge in [-0.1, -0.05) is 31.5 Å². The Labute approximate surface area is 186 Å². The quantitative estimate of drug-likeness (QED) is 0.671. The van der Waals surface area contributed by atoms with Gasteiger partial charge in [-0.2, -0.15) is 0 Å². The number of aryl methyl sites for hydroxylation is 1. The molecule has 3 N–H and O–H groups in total. The van der Waals surface area contributed by atoms with E-state index in [1.807, 2.05) is 12.1 Å². The Hall–Kier alpha value is -1.85. The van der Waals surface area contributed by atoms with Crippen LogP contribution in [0.4, 0.5) is 5.69 Å². The van der Waals surface area contributed by atoms with Gasteiger partial charge in [0.15, 0.2) is 0 Å².